The lowest BCUT2D eigenvalue weighted by Gasteiger charge is -2.26. The molecule has 1 aliphatic heterocycles. The third-order valence-corrected chi connectivity index (χ3v) is 7.95. The highest BCUT2D eigenvalue weighted by Gasteiger charge is 2.28. The molecule has 1 atom stereocenters. The number of nitrogens with one attached hydrogen (secondary N) is 2. The molecule has 202 valence electrons. The van der Waals surface area contributed by atoms with Gasteiger partial charge < -0.3 is 25.8 Å². The summed E-state index contributed by atoms with van der Waals surface area (Å²) in [6.07, 6.45) is 4.51. The van der Waals surface area contributed by atoms with Gasteiger partial charge in [0.15, 0.2) is 0 Å². The molecule has 3 aromatic carbocycles. The molecule has 0 aliphatic carbocycles. The SMILES string of the molecule is CS(=O)CCNC(=O)c1ccc(-c2c(C3CCOCC3)n(-c3ccc(F)cc3)c3cc(C=N)c(N)cc23)cc1. The molecule has 9 heteroatoms. The summed E-state index contributed by atoms with van der Waals surface area (Å²) >= 11 is 0. The first-order valence-electron chi connectivity index (χ1n) is 12.9. The highest BCUT2D eigenvalue weighted by Crippen LogP contribution is 2.44. The molecule has 1 aliphatic rings. The fourth-order valence-electron chi connectivity index (χ4n) is 5.24. The Kier molecular flexibility index (Phi) is 7.90. The third kappa shape index (κ3) is 5.51. The maximum Gasteiger partial charge on any atom is 0.251 e. The molecule has 7 nitrogen and oxygen atoms in total. The van der Waals surface area contributed by atoms with Crippen LogP contribution in [0, 0.1) is 11.2 Å². The summed E-state index contributed by atoms with van der Waals surface area (Å²) in [6.45, 7) is 1.63. The molecule has 2 heterocycles. The van der Waals surface area contributed by atoms with E-state index in [0.717, 1.165) is 46.3 Å². The number of aromatic nitrogens is 1. The zero-order valence-electron chi connectivity index (χ0n) is 21.7. The Labute approximate surface area is 229 Å². The summed E-state index contributed by atoms with van der Waals surface area (Å²) < 4.78 is 33.1. The maximum absolute atomic E-state index is 13.9. The number of carbonyl (C=O) groups is 1. The van der Waals surface area contributed by atoms with Gasteiger partial charge in [0, 0.05) is 93.8 Å². The number of halogens is 1. The summed E-state index contributed by atoms with van der Waals surface area (Å²) in [4.78, 5) is 12.6. The van der Waals surface area contributed by atoms with Crippen molar-refractivity contribution in [2.45, 2.75) is 18.8 Å². The van der Waals surface area contributed by atoms with Crippen LogP contribution in [0.5, 0.6) is 0 Å². The van der Waals surface area contributed by atoms with E-state index in [-0.39, 0.29) is 17.6 Å². The lowest BCUT2D eigenvalue weighted by atomic mass is 9.89. The van der Waals surface area contributed by atoms with Gasteiger partial charge in [0.25, 0.3) is 5.91 Å². The second kappa shape index (κ2) is 11.5. The summed E-state index contributed by atoms with van der Waals surface area (Å²) in [5, 5.41) is 11.6. The summed E-state index contributed by atoms with van der Waals surface area (Å²) in [5.41, 5.74) is 12.7. The predicted molar refractivity (Wildman–Crippen MR) is 155 cm³/mol. The van der Waals surface area contributed by atoms with Crippen LogP contribution in [0.2, 0.25) is 0 Å². The molecule has 1 unspecified atom stereocenters. The number of carbonyl (C=O) groups excluding carboxylic acids is 1. The summed E-state index contributed by atoms with van der Waals surface area (Å²) in [7, 11) is -0.976. The van der Waals surface area contributed by atoms with Crippen molar-refractivity contribution < 1.29 is 18.1 Å². The number of hydrogen-bond donors (Lipinski definition) is 3. The van der Waals surface area contributed by atoms with Gasteiger partial charge in [-0.1, -0.05) is 12.1 Å². The first-order valence-corrected chi connectivity index (χ1v) is 14.6. The van der Waals surface area contributed by atoms with Crippen molar-refractivity contribution in [3.05, 3.63) is 83.3 Å². The van der Waals surface area contributed by atoms with E-state index in [1.807, 2.05) is 24.3 Å². The second-order valence-electron chi connectivity index (χ2n) is 9.71. The van der Waals surface area contributed by atoms with Gasteiger partial charge >= 0.3 is 0 Å². The van der Waals surface area contributed by atoms with E-state index in [4.69, 9.17) is 15.9 Å². The first kappa shape index (κ1) is 26.8. The van der Waals surface area contributed by atoms with Crippen LogP contribution in [0.15, 0.2) is 60.7 Å². The minimum Gasteiger partial charge on any atom is -0.398 e. The number of nitrogen functional groups attached to an aromatic ring is 1. The van der Waals surface area contributed by atoms with E-state index >= 15 is 0 Å². The topological polar surface area (TPSA) is 110 Å². The van der Waals surface area contributed by atoms with Crippen molar-refractivity contribution in [2.24, 2.45) is 0 Å². The molecule has 5 rings (SSSR count). The predicted octanol–water partition coefficient (Wildman–Crippen LogP) is 5.02. The first-order chi connectivity index (χ1) is 18.9. The van der Waals surface area contributed by atoms with Crippen molar-refractivity contribution in [3.63, 3.8) is 0 Å². The van der Waals surface area contributed by atoms with Crippen LogP contribution in [-0.4, -0.2) is 52.7 Å². The number of amides is 1. The Hall–Kier alpha value is -3.82. The molecule has 0 saturated carbocycles. The molecule has 0 bridgehead atoms. The van der Waals surface area contributed by atoms with E-state index in [0.29, 0.717) is 42.3 Å². The molecule has 1 amide bonds. The van der Waals surface area contributed by atoms with Gasteiger partial charge in [-0.05, 0) is 66.9 Å². The molecule has 39 heavy (non-hydrogen) atoms. The van der Waals surface area contributed by atoms with Crippen LogP contribution in [0.25, 0.3) is 27.7 Å². The average molecular weight is 547 g/mol. The number of rotatable bonds is 8. The summed E-state index contributed by atoms with van der Waals surface area (Å²) in [6, 6.07) is 17.7. The summed E-state index contributed by atoms with van der Waals surface area (Å²) in [5.74, 6) is 0.0471. The monoisotopic (exact) mass is 546 g/mol. The zero-order valence-corrected chi connectivity index (χ0v) is 22.5. The number of fused-ring (bicyclic) bond motifs is 1. The van der Waals surface area contributed by atoms with Crippen molar-refractivity contribution in [2.75, 3.05) is 37.5 Å². The lowest BCUT2D eigenvalue weighted by molar-refractivity contribution is 0.0843. The van der Waals surface area contributed by atoms with Gasteiger partial charge in [-0.15, -0.1) is 0 Å². The van der Waals surface area contributed by atoms with Crippen LogP contribution in [0.1, 0.15) is 40.4 Å². The minimum absolute atomic E-state index is 0.175. The third-order valence-electron chi connectivity index (χ3n) is 7.17. The van der Waals surface area contributed by atoms with Gasteiger partial charge in [-0.2, -0.15) is 0 Å². The fraction of sp³-hybridized carbons (Fsp3) is 0.267. The van der Waals surface area contributed by atoms with Gasteiger partial charge in [0.1, 0.15) is 5.82 Å². The van der Waals surface area contributed by atoms with Crippen LogP contribution in [0.4, 0.5) is 10.1 Å². The van der Waals surface area contributed by atoms with Crippen molar-refractivity contribution in [1.29, 1.82) is 5.41 Å². The van der Waals surface area contributed by atoms with Gasteiger partial charge in [0.2, 0.25) is 0 Å². The Morgan fingerprint density at radius 3 is 2.49 bits per heavy atom. The minimum atomic E-state index is -0.976. The van der Waals surface area contributed by atoms with E-state index < -0.39 is 10.8 Å². The average Bonchev–Trinajstić information content (AvgIpc) is 3.27. The zero-order chi connectivity index (χ0) is 27.5. The van der Waals surface area contributed by atoms with Crippen molar-refractivity contribution >= 4 is 39.5 Å². The largest absolute Gasteiger partial charge is 0.398 e. The fourth-order valence-corrected chi connectivity index (χ4v) is 5.63. The normalized spacial score (nSPS) is 14.8. The van der Waals surface area contributed by atoms with Gasteiger partial charge in [-0.25, -0.2) is 4.39 Å². The number of anilines is 1. The standard InChI is InChI=1S/C30H31FN4O3S/c1-39(37)15-12-34-30(36)21-4-2-19(3-5-21)28-25-17-26(33)22(18-32)16-27(25)35(24-8-6-23(31)7-9-24)29(28)20-10-13-38-14-11-20/h2-9,16-18,20,32H,10-15,33H2,1H3,(H,34,36). The van der Waals surface area contributed by atoms with E-state index in [1.54, 1.807) is 30.5 Å². The molecule has 0 radical (unpaired) electrons. The van der Waals surface area contributed by atoms with E-state index in [9.17, 15) is 13.4 Å². The number of nitrogens with zero attached hydrogens (tertiary/aromatic N) is 1. The highest BCUT2D eigenvalue weighted by atomic mass is 32.2. The van der Waals surface area contributed by atoms with Gasteiger partial charge in [0.05, 0.1) is 5.52 Å². The molecular formula is C30H31FN4O3S. The van der Waals surface area contributed by atoms with Crippen LogP contribution in [-0.2, 0) is 15.5 Å². The van der Waals surface area contributed by atoms with Crippen LogP contribution >= 0.6 is 0 Å². The highest BCUT2D eigenvalue weighted by molar-refractivity contribution is 7.84. The second-order valence-corrected chi connectivity index (χ2v) is 11.3. The Morgan fingerprint density at radius 1 is 1.15 bits per heavy atom. The van der Waals surface area contributed by atoms with Crippen molar-refractivity contribution in [3.8, 4) is 16.8 Å². The molecule has 0 spiro atoms. The smallest absolute Gasteiger partial charge is 0.251 e. The molecule has 4 N–H and O–H groups in total. The molecule has 1 saturated heterocycles. The lowest BCUT2D eigenvalue weighted by Crippen LogP contribution is -2.27. The van der Waals surface area contributed by atoms with Crippen LogP contribution in [0.3, 0.4) is 0 Å². The van der Waals surface area contributed by atoms with E-state index in [1.165, 1.54) is 18.3 Å². The number of ether oxygens (including phenoxy) is 1. The number of benzene rings is 3. The Balaban J connectivity index is 1.70. The Bertz CT molecular complexity index is 1540. The molecule has 1 fully saturated rings. The maximum atomic E-state index is 13.9. The van der Waals surface area contributed by atoms with Gasteiger partial charge in [-0.3, -0.25) is 9.00 Å². The number of hydrogen-bond acceptors (Lipinski definition) is 5. The van der Waals surface area contributed by atoms with Crippen LogP contribution < -0.4 is 11.1 Å². The van der Waals surface area contributed by atoms with E-state index in [2.05, 4.69) is 9.88 Å². The quantitative estimate of drug-likeness (QED) is 0.213. The number of nitrogens with two attached hydrogens (primary N) is 1. The molecule has 1 aromatic heterocycles. The molecular weight excluding hydrogens is 515 g/mol. The van der Waals surface area contributed by atoms with Crippen molar-refractivity contribution in [1.82, 2.24) is 9.88 Å². The molecule has 4 aromatic rings. The Morgan fingerprint density at radius 2 is 1.85 bits per heavy atom.